The molecule has 0 unspecified atom stereocenters. The average Bonchev–Trinajstić information content (AvgIpc) is 3.38. The van der Waals surface area contributed by atoms with Crippen LogP contribution < -0.4 is 19.5 Å². The zero-order valence-corrected chi connectivity index (χ0v) is 18.1. The van der Waals surface area contributed by atoms with Gasteiger partial charge in [0.05, 0.1) is 26.1 Å². The molecule has 162 valence electrons. The fraction of sp³-hybridized carbons (Fsp3) is 0.417. The van der Waals surface area contributed by atoms with E-state index in [4.69, 9.17) is 14.2 Å². The molecule has 7 nitrogen and oxygen atoms in total. The van der Waals surface area contributed by atoms with Crippen molar-refractivity contribution in [2.24, 2.45) is 5.92 Å². The first kappa shape index (κ1) is 19.7. The number of aromatic nitrogens is 2. The number of nitrogens with zero attached hydrogens (tertiary/aromatic N) is 2. The highest BCUT2D eigenvalue weighted by Gasteiger charge is 2.30. The Labute approximate surface area is 181 Å². The number of benzene rings is 2. The molecule has 0 bridgehead atoms. The van der Waals surface area contributed by atoms with Gasteiger partial charge in [0.1, 0.15) is 17.4 Å². The number of carbonyl (C=O) groups excluding carboxylic acids is 1. The van der Waals surface area contributed by atoms with Gasteiger partial charge in [-0.3, -0.25) is 4.79 Å². The molecule has 2 heterocycles. The van der Waals surface area contributed by atoms with Crippen LogP contribution >= 0.6 is 0 Å². The molecule has 1 aliphatic heterocycles. The van der Waals surface area contributed by atoms with Crippen molar-refractivity contribution in [3.8, 4) is 28.4 Å². The van der Waals surface area contributed by atoms with Crippen LogP contribution in [0, 0.1) is 5.92 Å². The van der Waals surface area contributed by atoms with Gasteiger partial charge in [0.25, 0.3) is 0 Å². The molecular weight excluding hydrogens is 394 g/mol. The average molecular weight is 421 g/mol. The van der Waals surface area contributed by atoms with Crippen molar-refractivity contribution >= 4 is 16.9 Å². The van der Waals surface area contributed by atoms with Crippen LogP contribution in [0.2, 0.25) is 0 Å². The van der Waals surface area contributed by atoms with E-state index in [0.29, 0.717) is 30.5 Å². The summed E-state index contributed by atoms with van der Waals surface area (Å²) in [7, 11) is 3.26. The predicted molar refractivity (Wildman–Crippen MR) is 118 cm³/mol. The van der Waals surface area contributed by atoms with E-state index in [1.165, 1.54) is 12.8 Å². The molecule has 7 heteroatoms. The number of fused-ring (bicyclic) bond motifs is 1. The molecule has 0 radical (unpaired) electrons. The normalized spacial score (nSPS) is 19.3. The van der Waals surface area contributed by atoms with Crippen molar-refractivity contribution in [3.63, 3.8) is 0 Å². The van der Waals surface area contributed by atoms with Gasteiger partial charge in [-0.1, -0.05) is 6.07 Å². The lowest BCUT2D eigenvalue weighted by molar-refractivity contribution is -0.119. The number of hydrogen-bond acceptors (Lipinski definition) is 5. The molecule has 1 saturated carbocycles. The Morgan fingerprint density at radius 3 is 2.52 bits per heavy atom. The minimum absolute atomic E-state index is 0.0905. The second kappa shape index (κ2) is 7.80. The quantitative estimate of drug-likeness (QED) is 0.625. The molecule has 2 aromatic carbocycles. The number of carbonyl (C=O) groups is 1. The van der Waals surface area contributed by atoms with Crippen LogP contribution in [0.25, 0.3) is 22.2 Å². The van der Waals surface area contributed by atoms with Gasteiger partial charge < -0.3 is 24.1 Å². The third-order valence-corrected chi connectivity index (χ3v) is 6.28. The Hall–Kier alpha value is -3.22. The number of imidazole rings is 1. The maximum absolute atomic E-state index is 11.7. The lowest BCUT2D eigenvalue weighted by Gasteiger charge is -2.21. The molecule has 0 spiro atoms. The van der Waals surface area contributed by atoms with Crippen molar-refractivity contribution in [2.45, 2.75) is 38.3 Å². The first-order valence-electron chi connectivity index (χ1n) is 10.7. The van der Waals surface area contributed by atoms with Gasteiger partial charge in [0.15, 0.2) is 11.5 Å². The monoisotopic (exact) mass is 421 g/mol. The Kier molecular flexibility index (Phi) is 4.96. The standard InChI is InChI=1S/C24H27N3O4/c1-14(17-11-23(28)25-12-17)31-22-10-16(15-4-7-20(29-2)21(9-15)30-3)8-19-24(22)27(13-26-19)18-5-6-18/h4,7-10,13-14,17-18H,5-6,11-12H2,1-3H3,(H,25,28)/t14-,17-/m1/s1. The Morgan fingerprint density at radius 2 is 1.84 bits per heavy atom. The number of hydrogen-bond donors (Lipinski definition) is 1. The van der Waals surface area contributed by atoms with Gasteiger partial charge in [0, 0.05) is 24.9 Å². The number of methoxy groups -OCH3 is 2. The molecule has 1 saturated heterocycles. The third-order valence-electron chi connectivity index (χ3n) is 6.28. The van der Waals surface area contributed by atoms with E-state index in [1.54, 1.807) is 14.2 Å². The number of rotatable bonds is 7. The van der Waals surface area contributed by atoms with Gasteiger partial charge in [0.2, 0.25) is 5.91 Å². The highest BCUT2D eigenvalue weighted by atomic mass is 16.5. The van der Waals surface area contributed by atoms with Crippen LogP contribution in [0.3, 0.4) is 0 Å². The first-order chi connectivity index (χ1) is 15.1. The van der Waals surface area contributed by atoms with Crippen molar-refractivity contribution in [1.82, 2.24) is 14.9 Å². The molecule has 3 aromatic rings. The predicted octanol–water partition coefficient (Wildman–Crippen LogP) is 3.96. The number of ether oxygens (including phenoxy) is 3. The van der Waals surface area contributed by atoms with Gasteiger partial charge in [-0.25, -0.2) is 4.98 Å². The molecule has 31 heavy (non-hydrogen) atoms. The highest BCUT2D eigenvalue weighted by Crippen LogP contribution is 2.42. The molecule has 1 amide bonds. The summed E-state index contributed by atoms with van der Waals surface area (Å²) in [5, 5.41) is 2.91. The Morgan fingerprint density at radius 1 is 1.06 bits per heavy atom. The Bertz CT molecular complexity index is 1140. The number of amides is 1. The van der Waals surface area contributed by atoms with Crippen LogP contribution in [0.15, 0.2) is 36.7 Å². The molecular formula is C24H27N3O4. The summed E-state index contributed by atoms with van der Waals surface area (Å²) in [4.78, 5) is 16.4. The van der Waals surface area contributed by atoms with Crippen LogP contribution in [0.4, 0.5) is 0 Å². The molecule has 1 N–H and O–H groups in total. The molecule has 1 aliphatic carbocycles. The van der Waals surface area contributed by atoms with E-state index in [-0.39, 0.29) is 17.9 Å². The summed E-state index contributed by atoms with van der Waals surface area (Å²) in [6.07, 6.45) is 4.66. The van der Waals surface area contributed by atoms with Crippen molar-refractivity contribution in [3.05, 3.63) is 36.7 Å². The summed E-state index contributed by atoms with van der Waals surface area (Å²) < 4.78 is 19.6. The van der Waals surface area contributed by atoms with Crippen molar-refractivity contribution in [1.29, 1.82) is 0 Å². The van der Waals surface area contributed by atoms with Gasteiger partial charge >= 0.3 is 0 Å². The number of nitrogens with one attached hydrogen (secondary N) is 1. The van der Waals surface area contributed by atoms with Gasteiger partial charge in [-0.2, -0.15) is 0 Å². The van der Waals surface area contributed by atoms with Gasteiger partial charge in [-0.05, 0) is 55.2 Å². The van der Waals surface area contributed by atoms with E-state index >= 15 is 0 Å². The zero-order valence-electron chi connectivity index (χ0n) is 18.1. The summed E-state index contributed by atoms with van der Waals surface area (Å²) >= 11 is 0. The van der Waals surface area contributed by atoms with E-state index in [9.17, 15) is 4.79 Å². The highest BCUT2D eigenvalue weighted by molar-refractivity contribution is 5.88. The van der Waals surface area contributed by atoms with Crippen LogP contribution in [0.5, 0.6) is 17.2 Å². The third kappa shape index (κ3) is 3.69. The molecule has 1 aromatic heterocycles. The smallest absolute Gasteiger partial charge is 0.220 e. The Balaban J connectivity index is 1.57. The van der Waals surface area contributed by atoms with Crippen LogP contribution in [0.1, 0.15) is 32.2 Å². The van der Waals surface area contributed by atoms with E-state index in [0.717, 1.165) is 27.9 Å². The molecule has 2 fully saturated rings. The van der Waals surface area contributed by atoms with E-state index < -0.39 is 0 Å². The van der Waals surface area contributed by atoms with Crippen LogP contribution in [-0.4, -0.2) is 42.3 Å². The summed E-state index contributed by atoms with van der Waals surface area (Å²) in [5.41, 5.74) is 3.92. The topological polar surface area (TPSA) is 74.6 Å². The summed E-state index contributed by atoms with van der Waals surface area (Å²) in [6.45, 7) is 2.69. The zero-order chi connectivity index (χ0) is 21.5. The lowest BCUT2D eigenvalue weighted by Crippen LogP contribution is -2.25. The molecule has 5 rings (SSSR count). The fourth-order valence-electron chi connectivity index (χ4n) is 4.29. The molecule has 2 atom stereocenters. The summed E-state index contributed by atoms with van der Waals surface area (Å²) in [6, 6.07) is 10.5. The maximum Gasteiger partial charge on any atom is 0.220 e. The maximum atomic E-state index is 11.7. The van der Waals surface area contributed by atoms with E-state index in [2.05, 4.69) is 27.0 Å². The van der Waals surface area contributed by atoms with Gasteiger partial charge in [-0.15, -0.1) is 0 Å². The van der Waals surface area contributed by atoms with Crippen molar-refractivity contribution in [2.75, 3.05) is 20.8 Å². The minimum atomic E-state index is -0.0923. The summed E-state index contributed by atoms with van der Waals surface area (Å²) in [5.74, 6) is 2.42. The minimum Gasteiger partial charge on any atom is -0.493 e. The lowest BCUT2D eigenvalue weighted by atomic mass is 10.0. The second-order valence-electron chi connectivity index (χ2n) is 8.39. The molecule has 2 aliphatic rings. The van der Waals surface area contributed by atoms with Crippen molar-refractivity contribution < 1.29 is 19.0 Å². The second-order valence-corrected chi connectivity index (χ2v) is 8.39. The van der Waals surface area contributed by atoms with Crippen LogP contribution in [-0.2, 0) is 4.79 Å². The first-order valence-corrected chi connectivity index (χ1v) is 10.7. The fourth-order valence-corrected chi connectivity index (χ4v) is 4.29. The SMILES string of the molecule is COc1ccc(-c2cc(O[C@H](C)[C@H]3CNC(=O)C3)c3c(c2)ncn3C2CC2)cc1OC. The largest absolute Gasteiger partial charge is 0.493 e. The van der Waals surface area contributed by atoms with E-state index in [1.807, 2.05) is 31.5 Å².